The minimum absolute atomic E-state index is 0.295. The first-order chi connectivity index (χ1) is 14.5. The third-order valence-corrected chi connectivity index (χ3v) is 4.52. The summed E-state index contributed by atoms with van der Waals surface area (Å²) < 4.78 is 20.4. The van der Waals surface area contributed by atoms with Crippen molar-refractivity contribution in [2.24, 2.45) is 0 Å². The standard InChI is InChI=1S/C23H21NO6/c1-27-19-13-18(14-7-5-9-16(11-14)22(25)29-3)20(24-21(19)28-2)15-8-6-10-17(12-15)23(26)30-4/h5-13H,1-4H3. The highest BCUT2D eigenvalue weighted by molar-refractivity contribution is 5.94. The molecule has 154 valence electrons. The maximum atomic E-state index is 12.0. The second-order valence-electron chi connectivity index (χ2n) is 6.24. The van der Waals surface area contributed by atoms with Crippen LogP contribution in [0, 0.1) is 0 Å². The fraction of sp³-hybridized carbons (Fsp3) is 0.174. The summed E-state index contributed by atoms with van der Waals surface area (Å²) in [6, 6.07) is 15.7. The summed E-state index contributed by atoms with van der Waals surface area (Å²) in [6.07, 6.45) is 0. The van der Waals surface area contributed by atoms with Crippen molar-refractivity contribution in [3.05, 3.63) is 65.7 Å². The first-order valence-electron chi connectivity index (χ1n) is 9.03. The van der Waals surface area contributed by atoms with E-state index in [1.54, 1.807) is 42.5 Å². The molecule has 1 heterocycles. The van der Waals surface area contributed by atoms with Gasteiger partial charge in [0.15, 0.2) is 5.75 Å². The molecule has 0 aliphatic heterocycles. The number of aromatic nitrogens is 1. The van der Waals surface area contributed by atoms with Crippen molar-refractivity contribution in [1.29, 1.82) is 0 Å². The Balaban J connectivity index is 2.25. The molecule has 0 atom stereocenters. The molecule has 0 aliphatic carbocycles. The predicted octanol–water partition coefficient (Wildman–Crippen LogP) is 4.01. The van der Waals surface area contributed by atoms with Crippen LogP contribution in [0.5, 0.6) is 11.6 Å². The zero-order valence-corrected chi connectivity index (χ0v) is 17.1. The summed E-state index contributed by atoms with van der Waals surface area (Å²) in [4.78, 5) is 28.6. The maximum absolute atomic E-state index is 12.0. The molecule has 1 aromatic heterocycles. The van der Waals surface area contributed by atoms with Gasteiger partial charge >= 0.3 is 11.9 Å². The summed E-state index contributed by atoms with van der Waals surface area (Å²) in [6.45, 7) is 0. The molecule has 3 aromatic rings. The average molecular weight is 407 g/mol. The highest BCUT2D eigenvalue weighted by Gasteiger charge is 2.18. The number of benzene rings is 2. The van der Waals surface area contributed by atoms with Gasteiger partial charge in [0.05, 0.1) is 45.3 Å². The number of ether oxygens (including phenoxy) is 4. The van der Waals surface area contributed by atoms with Crippen molar-refractivity contribution >= 4 is 11.9 Å². The molecule has 0 N–H and O–H groups in total. The number of carbonyl (C=O) groups excluding carboxylic acids is 2. The number of hydrogen-bond donors (Lipinski definition) is 0. The Morgan fingerprint density at radius 2 is 1.30 bits per heavy atom. The lowest BCUT2D eigenvalue weighted by Crippen LogP contribution is -2.03. The number of carbonyl (C=O) groups is 2. The van der Waals surface area contributed by atoms with E-state index in [0.717, 1.165) is 5.56 Å². The van der Waals surface area contributed by atoms with Crippen LogP contribution in [0.25, 0.3) is 22.4 Å². The number of pyridine rings is 1. The van der Waals surface area contributed by atoms with Crippen LogP contribution in [0.1, 0.15) is 20.7 Å². The second-order valence-corrected chi connectivity index (χ2v) is 6.24. The Morgan fingerprint density at radius 1 is 0.733 bits per heavy atom. The van der Waals surface area contributed by atoms with E-state index in [-0.39, 0.29) is 0 Å². The van der Waals surface area contributed by atoms with E-state index in [0.29, 0.717) is 39.6 Å². The smallest absolute Gasteiger partial charge is 0.337 e. The number of rotatable bonds is 6. The van der Waals surface area contributed by atoms with E-state index in [1.807, 2.05) is 12.1 Å². The number of nitrogens with zero attached hydrogens (tertiary/aromatic N) is 1. The number of methoxy groups -OCH3 is 4. The topological polar surface area (TPSA) is 84.0 Å². The number of esters is 2. The summed E-state index contributed by atoms with van der Waals surface area (Å²) in [7, 11) is 5.67. The molecule has 0 aliphatic rings. The van der Waals surface area contributed by atoms with E-state index in [1.165, 1.54) is 28.4 Å². The summed E-state index contributed by atoms with van der Waals surface area (Å²) in [5.41, 5.74) is 3.45. The molecule has 2 aromatic carbocycles. The lowest BCUT2D eigenvalue weighted by molar-refractivity contribution is 0.0592. The average Bonchev–Trinajstić information content (AvgIpc) is 2.82. The first kappa shape index (κ1) is 20.9. The van der Waals surface area contributed by atoms with Crippen LogP contribution >= 0.6 is 0 Å². The Hall–Kier alpha value is -3.87. The fourth-order valence-electron chi connectivity index (χ4n) is 3.05. The minimum Gasteiger partial charge on any atom is -0.491 e. The van der Waals surface area contributed by atoms with Gasteiger partial charge in [-0.1, -0.05) is 24.3 Å². The van der Waals surface area contributed by atoms with Crippen LogP contribution in [-0.2, 0) is 9.47 Å². The van der Waals surface area contributed by atoms with Crippen LogP contribution in [0.2, 0.25) is 0 Å². The van der Waals surface area contributed by atoms with E-state index < -0.39 is 11.9 Å². The van der Waals surface area contributed by atoms with Gasteiger partial charge in [-0.25, -0.2) is 14.6 Å². The van der Waals surface area contributed by atoms with E-state index in [4.69, 9.17) is 18.9 Å². The van der Waals surface area contributed by atoms with Gasteiger partial charge < -0.3 is 18.9 Å². The molecule has 0 amide bonds. The molecule has 0 unspecified atom stereocenters. The number of hydrogen-bond acceptors (Lipinski definition) is 7. The van der Waals surface area contributed by atoms with Crippen LogP contribution in [0.3, 0.4) is 0 Å². The van der Waals surface area contributed by atoms with Gasteiger partial charge in [0, 0.05) is 11.1 Å². The molecular formula is C23H21NO6. The van der Waals surface area contributed by atoms with Crippen molar-refractivity contribution in [2.75, 3.05) is 28.4 Å². The quantitative estimate of drug-likeness (QED) is 0.571. The SMILES string of the molecule is COC(=O)c1cccc(-c2cc(OC)c(OC)nc2-c2cccc(C(=O)OC)c2)c1. The maximum Gasteiger partial charge on any atom is 0.337 e. The van der Waals surface area contributed by atoms with Gasteiger partial charge in [0.2, 0.25) is 0 Å². The van der Waals surface area contributed by atoms with Crippen molar-refractivity contribution < 1.29 is 28.5 Å². The Kier molecular flexibility index (Phi) is 6.32. The summed E-state index contributed by atoms with van der Waals surface area (Å²) >= 11 is 0. The lowest BCUT2D eigenvalue weighted by Gasteiger charge is -2.15. The zero-order chi connectivity index (χ0) is 21.7. The molecule has 3 rings (SSSR count). The third-order valence-electron chi connectivity index (χ3n) is 4.52. The largest absolute Gasteiger partial charge is 0.491 e. The van der Waals surface area contributed by atoms with E-state index >= 15 is 0 Å². The molecular weight excluding hydrogens is 386 g/mol. The zero-order valence-electron chi connectivity index (χ0n) is 17.1. The van der Waals surface area contributed by atoms with Crippen LogP contribution in [-0.4, -0.2) is 45.4 Å². The minimum atomic E-state index is -0.452. The van der Waals surface area contributed by atoms with Crippen molar-refractivity contribution in [1.82, 2.24) is 4.98 Å². The second kappa shape index (κ2) is 9.09. The first-order valence-corrected chi connectivity index (χ1v) is 9.03. The van der Waals surface area contributed by atoms with Crippen LogP contribution in [0.15, 0.2) is 54.6 Å². The Labute approximate surface area is 174 Å². The molecule has 0 fully saturated rings. The molecule has 0 saturated heterocycles. The summed E-state index contributed by atoms with van der Waals surface area (Å²) in [5.74, 6) is -0.168. The van der Waals surface area contributed by atoms with Gasteiger partial charge in [-0.15, -0.1) is 0 Å². The molecule has 0 radical (unpaired) electrons. The summed E-state index contributed by atoms with van der Waals surface area (Å²) in [5, 5.41) is 0. The molecule has 7 heteroatoms. The fourth-order valence-corrected chi connectivity index (χ4v) is 3.05. The normalized spacial score (nSPS) is 10.3. The highest BCUT2D eigenvalue weighted by atomic mass is 16.5. The van der Waals surface area contributed by atoms with Gasteiger partial charge in [-0.05, 0) is 35.9 Å². The van der Waals surface area contributed by atoms with Crippen LogP contribution in [0.4, 0.5) is 0 Å². The molecule has 0 bridgehead atoms. The monoisotopic (exact) mass is 407 g/mol. The van der Waals surface area contributed by atoms with E-state index in [2.05, 4.69) is 4.98 Å². The van der Waals surface area contributed by atoms with Crippen molar-refractivity contribution in [3.8, 4) is 34.0 Å². The van der Waals surface area contributed by atoms with Gasteiger partial charge in [0.1, 0.15) is 0 Å². The van der Waals surface area contributed by atoms with Gasteiger partial charge in [-0.3, -0.25) is 0 Å². The highest BCUT2D eigenvalue weighted by Crippen LogP contribution is 2.38. The van der Waals surface area contributed by atoms with Gasteiger partial charge in [-0.2, -0.15) is 0 Å². The third kappa shape index (κ3) is 4.10. The molecule has 30 heavy (non-hydrogen) atoms. The Morgan fingerprint density at radius 3 is 1.83 bits per heavy atom. The molecule has 7 nitrogen and oxygen atoms in total. The lowest BCUT2D eigenvalue weighted by atomic mass is 9.96. The molecule has 0 saturated carbocycles. The Bertz CT molecular complexity index is 1010. The van der Waals surface area contributed by atoms with Crippen molar-refractivity contribution in [2.45, 2.75) is 0 Å². The predicted molar refractivity (Wildman–Crippen MR) is 111 cm³/mol. The van der Waals surface area contributed by atoms with Gasteiger partial charge in [0.25, 0.3) is 5.88 Å². The van der Waals surface area contributed by atoms with E-state index in [9.17, 15) is 9.59 Å². The van der Waals surface area contributed by atoms with Crippen molar-refractivity contribution in [3.63, 3.8) is 0 Å². The van der Waals surface area contributed by atoms with Crippen LogP contribution < -0.4 is 9.47 Å². The molecule has 0 spiro atoms.